The number of hydrogen-bond donors (Lipinski definition) is 2. The molecule has 1 aromatic carbocycles. The SMILES string of the molecule is C=CC(=O)OCCNC(=O)OCCOCCOc1ccc(CCOC(=O)NCCOC(=O)C=C)cc1. The predicted octanol–water partition coefficient (Wildman–Crippen LogP) is 1.54. The van der Waals surface area contributed by atoms with Crippen LogP contribution in [-0.2, 0) is 39.7 Å². The molecule has 0 fully saturated rings. The molecule has 0 saturated carbocycles. The van der Waals surface area contributed by atoms with Gasteiger partial charge in [0.15, 0.2) is 0 Å². The maximum absolute atomic E-state index is 11.6. The normalized spacial score (nSPS) is 9.89. The van der Waals surface area contributed by atoms with Gasteiger partial charge in [-0.3, -0.25) is 0 Å². The van der Waals surface area contributed by atoms with Crippen molar-refractivity contribution in [2.75, 3.05) is 59.3 Å². The molecule has 0 heterocycles. The van der Waals surface area contributed by atoms with Gasteiger partial charge in [0.2, 0.25) is 0 Å². The average molecular weight is 509 g/mol. The van der Waals surface area contributed by atoms with Gasteiger partial charge < -0.3 is 39.1 Å². The van der Waals surface area contributed by atoms with E-state index in [1.54, 1.807) is 12.1 Å². The number of hydrogen-bond acceptors (Lipinski definition) is 10. The molecule has 2 N–H and O–H groups in total. The highest BCUT2D eigenvalue weighted by atomic mass is 16.6. The van der Waals surface area contributed by atoms with Crippen molar-refractivity contribution in [2.24, 2.45) is 0 Å². The van der Waals surface area contributed by atoms with Crippen LogP contribution in [0, 0.1) is 0 Å². The molecule has 0 spiro atoms. The maximum Gasteiger partial charge on any atom is 0.407 e. The van der Waals surface area contributed by atoms with Gasteiger partial charge in [-0.05, 0) is 17.7 Å². The second kappa shape index (κ2) is 19.3. The quantitative estimate of drug-likeness (QED) is 0.129. The average Bonchev–Trinajstić information content (AvgIpc) is 2.89. The topological polar surface area (TPSA) is 148 Å². The lowest BCUT2D eigenvalue weighted by molar-refractivity contribution is -0.138. The maximum atomic E-state index is 11.6. The zero-order valence-electron chi connectivity index (χ0n) is 20.0. The van der Waals surface area contributed by atoms with Gasteiger partial charge in [-0.1, -0.05) is 25.3 Å². The lowest BCUT2D eigenvalue weighted by atomic mass is 10.1. The van der Waals surface area contributed by atoms with E-state index in [1.165, 1.54) is 0 Å². The third-order valence-electron chi connectivity index (χ3n) is 4.07. The number of carbonyl (C=O) groups is 4. The molecule has 36 heavy (non-hydrogen) atoms. The Balaban J connectivity index is 2.02. The van der Waals surface area contributed by atoms with E-state index in [0.717, 1.165) is 17.7 Å². The molecule has 0 aliphatic carbocycles. The van der Waals surface area contributed by atoms with E-state index in [4.69, 9.17) is 28.4 Å². The first-order valence-electron chi connectivity index (χ1n) is 11.1. The second-order valence-electron chi connectivity index (χ2n) is 6.72. The highest BCUT2D eigenvalue weighted by Gasteiger charge is 2.04. The smallest absolute Gasteiger partial charge is 0.407 e. The Morgan fingerprint density at radius 1 is 0.667 bits per heavy atom. The van der Waals surface area contributed by atoms with E-state index in [9.17, 15) is 19.2 Å². The van der Waals surface area contributed by atoms with Crippen LogP contribution in [0.15, 0.2) is 49.6 Å². The molecule has 0 aliphatic rings. The summed E-state index contributed by atoms with van der Waals surface area (Å²) in [5.74, 6) is -0.462. The molecule has 0 aliphatic heterocycles. The molecule has 1 aromatic rings. The van der Waals surface area contributed by atoms with Crippen molar-refractivity contribution in [3.8, 4) is 5.75 Å². The zero-order valence-corrected chi connectivity index (χ0v) is 20.0. The number of alkyl carbamates (subject to hydrolysis) is 2. The van der Waals surface area contributed by atoms with Crippen LogP contribution >= 0.6 is 0 Å². The number of amides is 2. The summed E-state index contributed by atoms with van der Waals surface area (Å²) in [4.78, 5) is 44.7. The van der Waals surface area contributed by atoms with Gasteiger partial charge in [0.1, 0.15) is 32.2 Å². The summed E-state index contributed by atoms with van der Waals surface area (Å²) < 4.78 is 30.3. The molecule has 0 aromatic heterocycles. The molecule has 12 heteroatoms. The number of rotatable bonds is 18. The summed E-state index contributed by atoms with van der Waals surface area (Å²) in [7, 11) is 0. The molecule has 198 valence electrons. The van der Waals surface area contributed by atoms with Crippen molar-refractivity contribution in [3.05, 3.63) is 55.1 Å². The highest BCUT2D eigenvalue weighted by Crippen LogP contribution is 2.12. The van der Waals surface area contributed by atoms with Crippen LogP contribution in [0.4, 0.5) is 9.59 Å². The van der Waals surface area contributed by atoms with Crippen molar-refractivity contribution < 1.29 is 47.6 Å². The molecule has 0 bridgehead atoms. The van der Waals surface area contributed by atoms with Crippen molar-refractivity contribution in [1.29, 1.82) is 0 Å². The summed E-state index contributed by atoms with van der Waals surface area (Å²) in [5.41, 5.74) is 0.959. The number of nitrogens with one attached hydrogen (secondary N) is 2. The van der Waals surface area contributed by atoms with Gasteiger partial charge in [0.05, 0.1) is 32.9 Å². The number of benzene rings is 1. The Morgan fingerprint density at radius 2 is 1.19 bits per heavy atom. The van der Waals surface area contributed by atoms with E-state index in [-0.39, 0.29) is 46.1 Å². The Hall–Kier alpha value is -4.06. The van der Waals surface area contributed by atoms with Crippen molar-refractivity contribution in [1.82, 2.24) is 10.6 Å². The fraction of sp³-hybridized carbons (Fsp3) is 0.417. The standard InChI is InChI=1S/C24H32N2O10/c1-3-21(27)33-13-10-25-23(29)35-12-9-19-5-7-20(8-6-19)32-17-15-31-16-18-36-24(30)26-11-14-34-22(28)4-2/h3-8H,1-2,9-18H2,(H,25,29)(H,26,30). The molecule has 2 amide bonds. The van der Waals surface area contributed by atoms with Gasteiger partial charge in [-0.2, -0.15) is 0 Å². The zero-order chi connectivity index (χ0) is 26.4. The lowest BCUT2D eigenvalue weighted by Gasteiger charge is -2.10. The van der Waals surface area contributed by atoms with Crippen molar-refractivity contribution in [2.45, 2.75) is 6.42 Å². The Labute approximate surface area is 209 Å². The Morgan fingerprint density at radius 3 is 1.75 bits per heavy atom. The number of esters is 2. The van der Waals surface area contributed by atoms with Crippen LogP contribution in [0.5, 0.6) is 5.75 Å². The summed E-state index contributed by atoms with van der Waals surface area (Å²) in [6.45, 7) is 7.94. The first kappa shape index (κ1) is 30.0. The van der Waals surface area contributed by atoms with Crippen LogP contribution in [0.1, 0.15) is 5.56 Å². The van der Waals surface area contributed by atoms with E-state index in [1.807, 2.05) is 12.1 Å². The van der Waals surface area contributed by atoms with E-state index >= 15 is 0 Å². The fourth-order valence-electron chi connectivity index (χ4n) is 2.36. The van der Waals surface area contributed by atoms with Crippen LogP contribution in [0.2, 0.25) is 0 Å². The van der Waals surface area contributed by atoms with Crippen molar-refractivity contribution in [3.63, 3.8) is 0 Å². The summed E-state index contributed by atoms with van der Waals surface area (Å²) in [5, 5.41) is 4.90. The summed E-state index contributed by atoms with van der Waals surface area (Å²) in [6, 6.07) is 7.31. The minimum absolute atomic E-state index is 0.0255. The minimum Gasteiger partial charge on any atom is -0.491 e. The van der Waals surface area contributed by atoms with E-state index < -0.39 is 24.1 Å². The molecule has 0 atom stereocenters. The van der Waals surface area contributed by atoms with Crippen LogP contribution in [0.25, 0.3) is 0 Å². The van der Waals surface area contributed by atoms with E-state index in [0.29, 0.717) is 25.4 Å². The molecule has 1 rings (SSSR count). The third kappa shape index (κ3) is 15.7. The monoisotopic (exact) mass is 508 g/mol. The first-order chi connectivity index (χ1) is 17.4. The first-order valence-corrected chi connectivity index (χ1v) is 11.1. The van der Waals surface area contributed by atoms with Gasteiger partial charge in [0, 0.05) is 18.6 Å². The predicted molar refractivity (Wildman–Crippen MR) is 127 cm³/mol. The van der Waals surface area contributed by atoms with Crippen LogP contribution in [-0.4, -0.2) is 83.5 Å². The lowest BCUT2D eigenvalue weighted by Crippen LogP contribution is -2.29. The van der Waals surface area contributed by atoms with Gasteiger partial charge >= 0.3 is 24.1 Å². The highest BCUT2D eigenvalue weighted by molar-refractivity contribution is 5.81. The van der Waals surface area contributed by atoms with Crippen LogP contribution < -0.4 is 15.4 Å². The molecule has 0 radical (unpaired) electrons. The second-order valence-corrected chi connectivity index (χ2v) is 6.72. The number of ether oxygens (including phenoxy) is 6. The fourth-order valence-corrected chi connectivity index (χ4v) is 2.36. The third-order valence-corrected chi connectivity index (χ3v) is 4.07. The summed E-state index contributed by atoms with van der Waals surface area (Å²) in [6.07, 6.45) is 1.37. The molecular weight excluding hydrogens is 476 g/mol. The van der Waals surface area contributed by atoms with Crippen LogP contribution in [0.3, 0.4) is 0 Å². The van der Waals surface area contributed by atoms with E-state index in [2.05, 4.69) is 23.8 Å². The van der Waals surface area contributed by atoms with Crippen molar-refractivity contribution >= 4 is 24.1 Å². The molecule has 12 nitrogen and oxygen atoms in total. The Kier molecular flexibility index (Phi) is 16.0. The minimum atomic E-state index is -0.637. The number of carbonyl (C=O) groups excluding carboxylic acids is 4. The van der Waals surface area contributed by atoms with Gasteiger partial charge in [-0.15, -0.1) is 0 Å². The molecule has 0 unspecified atom stereocenters. The molecule has 0 saturated heterocycles. The largest absolute Gasteiger partial charge is 0.491 e. The van der Waals surface area contributed by atoms with Gasteiger partial charge in [-0.25, -0.2) is 19.2 Å². The summed E-state index contributed by atoms with van der Waals surface area (Å²) >= 11 is 0. The Bertz CT molecular complexity index is 842. The van der Waals surface area contributed by atoms with Gasteiger partial charge in [0.25, 0.3) is 0 Å². The molecular formula is C24H32N2O10.